The summed E-state index contributed by atoms with van der Waals surface area (Å²) in [5, 5.41) is 0.798. The van der Waals surface area contributed by atoms with Crippen LogP contribution in [0.4, 0.5) is 5.69 Å². The van der Waals surface area contributed by atoms with Gasteiger partial charge in [-0.3, -0.25) is 4.98 Å². The fourth-order valence-electron chi connectivity index (χ4n) is 1.93. The summed E-state index contributed by atoms with van der Waals surface area (Å²) < 4.78 is 0. The van der Waals surface area contributed by atoms with Gasteiger partial charge < -0.3 is 4.90 Å². The largest absolute Gasteiger partial charge is 0.369 e. The summed E-state index contributed by atoms with van der Waals surface area (Å²) in [6.07, 6.45) is 3.18. The van der Waals surface area contributed by atoms with Gasteiger partial charge in [0.1, 0.15) is 0 Å². The molecule has 0 amide bonds. The van der Waals surface area contributed by atoms with Crippen LogP contribution in [-0.4, -0.2) is 29.1 Å². The molecular formula is C12H18N2S. The molecule has 0 radical (unpaired) electrons. The fourth-order valence-corrected chi connectivity index (χ4v) is 3.11. The molecule has 0 bridgehead atoms. The molecule has 0 aromatic carbocycles. The number of hydrogen-bond donors (Lipinski definition) is 0. The Morgan fingerprint density at radius 1 is 1.60 bits per heavy atom. The van der Waals surface area contributed by atoms with Crippen LogP contribution in [0.15, 0.2) is 18.3 Å². The third-order valence-corrected chi connectivity index (χ3v) is 4.21. The molecule has 82 valence electrons. The smallest absolute Gasteiger partial charge is 0.0400 e. The molecule has 1 fully saturated rings. The van der Waals surface area contributed by atoms with Crippen LogP contribution >= 0.6 is 11.8 Å². The van der Waals surface area contributed by atoms with Crippen molar-refractivity contribution in [3.63, 3.8) is 0 Å². The highest BCUT2D eigenvalue weighted by molar-refractivity contribution is 8.00. The van der Waals surface area contributed by atoms with Crippen LogP contribution in [0.2, 0.25) is 0 Å². The Hall–Kier alpha value is -0.700. The Morgan fingerprint density at radius 3 is 3.20 bits per heavy atom. The number of anilines is 1. The summed E-state index contributed by atoms with van der Waals surface area (Å²) in [7, 11) is 0. The van der Waals surface area contributed by atoms with Crippen LogP contribution in [0.25, 0.3) is 0 Å². The highest BCUT2D eigenvalue weighted by Gasteiger charge is 2.18. The van der Waals surface area contributed by atoms with E-state index in [9.17, 15) is 0 Å². The summed E-state index contributed by atoms with van der Waals surface area (Å²) in [4.78, 5) is 6.73. The average Bonchev–Trinajstić information content (AvgIpc) is 2.29. The SMILES string of the molecule is CCC1CN(c2ccnc(C)c2)CCS1. The van der Waals surface area contributed by atoms with Crippen LogP contribution in [0.3, 0.4) is 0 Å². The number of thioether (sulfide) groups is 1. The minimum atomic E-state index is 0.798. The monoisotopic (exact) mass is 222 g/mol. The maximum absolute atomic E-state index is 4.24. The van der Waals surface area contributed by atoms with E-state index in [2.05, 4.69) is 47.6 Å². The van der Waals surface area contributed by atoms with Crippen molar-refractivity contribution in [1.82, 2.24) is 4.98 Å². The van der Waals surface area contributed by atoms with E-state index >= 15 is 0 Å². The minimum Gasteiger partial charge on any atom is -0.369 e. The zero-order valence-corrected chi connectivity index (χ0v) is 10.3. The van der Waals surface area contributed by atoms with Crippen LogP contribution < -0.4 is 4.90 Å². The molecule has 2 heterocycles. The Kier molecular flexibility index (Phi) is 3.52. The third kappa shape index (κ3) is 2.65. The van der Waals surface area contributed by atoms with Crippen molar-refractivity contribution in [3.8, 4) is 0 Å². The first kappa shape index (κ1) is 10.8. The molecule has 0 saturated carbocycles. The van der Waals surface area contributed by atoms with Gasteiger partial charge in [-0.25, -0.2) is 0 Å². The third-order valence-electron chi connectivity index (χ3n) is 2.84. The second kappa shape index (κ2) is 4.88. The van der Waals surface area contributed by atoms with E-state index in [1.54, 1.807) is 0 Å². The zero-order valence-electron chi connectivity index (χ0n) is 9.44. The quantitative estimate of drug-likeness (QED) is 0.765. The number of aryl methyl sites for hydroxylation is 1. The first-order chi connectivity index (χ1) is 7.29. The molecule has 1 aliphatic rings. The van der Waals surface area contributed by atoms with Crippen molar-refractivity contribution in [2.75, 3.05) is 23.7 Å². The highest BCUT2D eigenvalue weighted by Crippen LogP contribution is 2.25. The van der Waals surface area contributed by atoms with Gasteiger partial charge in [-0.1, -0.05) is 6.92 Å². The second-order valence-electron chi connectivity index (χ2n) is 4.00. The number of hydrogen-bond acceptors (Lipinski definition) is 3. The lowest BCUT2D eigenvalue weighted by molar-refractivity contribution is 0.727. The normalized spacial score (nSPS) is 21.7. The summed E-state index contributed by atoms with van der Waals surface area (Å²) in [5.41, 5.74) is 2.44. The lowest BCUT2D eigenvalue weighted by atomic mass is 10.2. The van der Waals surface area contributed by atoms with Crippen LogP contribution in [0.5, 0.6) is 0 Å². The van der Waals surface area contributed by atoms with Gasteiger partial charge in [-0.2, -0.15) is 11.8 Å². The average molecular weight is 222 g/mol. The number of nitrogens with zero attached hydrogens (tertiary/aromatic N) is 2. The molecule has 0 N–H and O–H groups in total. The Morgan fingerprint density at radius 2 is 2.47 bits per heavy atom. The van der Waals surface area contributed by atoms with Crippen LogP contribution in [0, 0.1) is 6.92 Å². The molecule has 2 rings (SSSR count). The molecule has 1 unspecified atom stereocenters. The predicted octanol–water partition coefficient (Wildman–Crippen LogP) is 2.72. The van der Waals surface area contributed by atoms with Crippen molar-refractivity contribution >= 4 is 17.4 Å². The summed E-state index contributed by atoms with van der Waals surface area (Å²) in [6.45, 7) is 6.69. The Balaban J connectivity index is 2.09. The van der Waals surface area contributed by atoms with Gasteiger partial charge in [0.2, 0.25) is 0 Å². The summed E-state index contributed by atoms with van der Waals surface area (Å²) in [5.74, 6) is 1.25. The Labute approximate surface area is 96.1 Å². The lowest BCUT2D eigenvalue weighted by Crippen LogP contribution is -2.37. The van der Waals surface area contributed by atoms with E-state index < -0.39 is 0 Å². The van der Waals surface area contributed by atoms with Crippen molar-refractivity contribution in [2.45, 2.75) is 25.5 Å². The summed E-state index contributed by atoms with van der Waals surface area (Å²) >= 11 is 2.11. The number of aromatic nitrogens is 1. The van der Waals surface area contributed by atoms with E-state index in [4.69, 9.17) is 0 Å². The van der Waals surface area contributed by atoms with Crippen LogP contribution in [0.1, 0.15) is 19.0 Å². The molecule has 15 heavy (non-hydrogen) atoms. The van der Waals surface area contributed by atoms with E-state index in [1.807, 2.05) is 6.20 Å². The molecule has 1 atom stereocenters. The Bertz CT molecular complexity index is 327. The van der Waals surface area contributed by atoms with Gasteiger partial charge in [-0.15, -0.1) is 0 Å². The van der Waals surface area contributed by atoms with Gasteiger partial charge >= 0.3 is 0 Å². The molecular weight excluding hydrogens is 204 g/mol. The maximum atomic E-state index is 4.24. The van der Waals surface area contributed by atoms with Gasteiger partial charge in [0, 0.05) is 41.7 Å². The van der Waals surface area contributed by atoms with Crippen molar-refractivity contribution < 1.29 is 0 Å². The summed E-state index contributed by atoms with van der Waals surface area (Å²) in [6, 6.07) is 4.30. The second-order valence-corrected chi connectivity index (χ2v) is 5.41. The molecule has 2 nitrogen and oxygen atoms in total. The van der Waals surface area contributed by atoms with E-state index in [1.165, 1.54) is 31.0 Å². The molecule has 1 aromatic rings. The molecule has 0 aliphatic carbocycles. The molecule has 3 heteroatoms. The topological polar surface area (TPSA) is 16.1 Å². The van der Waals surface area contributed by atoms with Crippen molar-refractivity contribution in [1.29, 1.82) is 0 Å². The van der Waals surface area contributed by atoms with Gasteiger partial charge in [0.05, 0.1) is 0 Å². The first-order valence-corrected chi connectivity index (χ1v) is 6.63. The van der Waals surface area contributed by atoms with Gasteiger partial charge in [0.15, 0.2) is 0 Å². The first-order valence-electron chi connectivity index (χ1n) is 5.59. The van der Waals surface area contributed by atoms with E-state index in [0.717, 1.165) is 10.9 Å². The fraction of sp³-hybridized carbons (Fsp3) is 0.583. The zero-order chi connectivity index (χ0) is 10.7. The maximum Gasteiger partial charge on any atom is 0.0400 e. The molecule has 0 spiro atoms. The molecule has 1 aliphatic heterocycles. The van der Waals surface area contributed by atoms with Crippen molar-refractivity contribution in [3.05, 3.63) is 24.0 Å². The predicted molar refractivity (Wildman–Crippen MR) is 67.7 cm³/mol. The standard InChI is InChI=1S/C12H18N2S/c1-3-12-9-14(6-7-15-12)11-4-5-13-10(2)8-11/h4-5,8,12H,3,6-7,9H2,1-2H3. The lowest BCUT2D eigenvalue weighted by Gasteiger charge is -2.33. The number of pyridine rings is 1. The van der Waals surface area contributed by atoms with Crippen LogP contribution in [-0.2, 0) is 0 Å². The number of rotatable bonds is 2. The minimum absolute atomic E-state index is 0.798. The van der Waals surface area contributed by atoms with Gasteiger partial charge in [0.25, 0.3) is 0 Å². The van der Waals surface area contributed by atoms with Crippen molar-refractivity contribution in [2.24, 2.45) is 0 Å². The van der Waals surface area contributed by atoms with E-state index in [-0.39, 0.29) is 0 Å². The molecule has 1 saturated heterocycles. The highest BCUT2D eigenvalue weighted by atomic mass is 32.2. The van der Waals surface area contributed by atoms with Gasteiger partial charge in [-0.05, 0) is 25.5 Å². The van der Waals surface area contributed by atoms with E-state index in [0.29, 0.717) is 0 Å². The molecule has 1 aromatic heterocycles.